The Morgan fingerprint density at radius 1 is 1.22 bits per heavy atom. The van der Waals surface area contributed by atoms with Gasteiger partial charge in [0.2, 0.25) is 0 Å². The van der Waals surface area contributed by atoms with Crippen molar-refractivity contribution in [3.8, 4) is 0 Å². The molecule has 1 rings (SSSR count). The Morgan fingerprint density at radius 2 is 1.89 bits per heavy atom. The summed E-state index contributed by atoms with van der Waals surface area (Å²) in [6.07, 6.45) is 4.31. The van der Waals surface area contributed by atoms with E-state index in [4.69, 9.17) is 4.74 Å². The summed E-state index contributed by atoms with van der Waals surface area (Å²) in [5.41, 5.74) is 0. The highest BCUT2D eigenvalue weighted by Gasteiger charge is 2.29. The van der Waals surface area contributed by atoms with Crippen LogP contribution in [0.25, 0.3) is 0 Å². The standard InChI is InChI=1S/C13H27NO3S/c1-3-5-12(14-8-4-2)11-18(15,16)13-6-9-17-10-7-13/h12-14H,3-11H2,1-2H3. The lowest BCUT2D eigenvalue weighted by Crippen LogP contribution is -2.40. The Labute approximate surface area is 111 Å². The number of rotatable bonds is 8. The van der Waals surface area contributed by atoms with Gasteiger partial charge in [0.1, 0.15) is 0 Å². The van der Waals surface area contributed by atoms with Crippen LogP contribution in [0.4, 0.5) is 0 Å². The first-order valence-corrected chi connectivity index (χ1v) is 8.84. The first-order chi connectivity index (χ1) is 8.60. The molecule has 1 heterocycles. The first kappa shape index (κ1) is 15.9. The van der Waals surface area contributed by atoms with Gasteiger partial charge in [-0.3, -0.25) is 0 Å². The van der Waals surface area contributed by atoms with Crippen LogP contribution >= 0.6 is 0 Å². The van der Waals surface area contributed by atoms with Crippen LogP contribution in [0.2, 0.25) is 0 Å². The van der Waals surface area contributed by atoms with Crippen LogP contribution in [0.15, 0.2) is 0 Å². The number of hydrogen-bond acceptors (Lipinski definition) is 4. The average Bonchev–Trinajstić information content (AvgIpc) is 2.37. The van der Waals surface area contributed by atoms with Crippen LogP contribution in [-0.4, -0.2) is 45.2 Å². The maximum absolute atomic E-state index is 12.3. The van der Waals surface area contributed by atoms with Gasteiger partial charge >= 0.3 is 0 Å². The molecule has 1 saturated heterocycles. The second-order valence-electron chi connectivity index (χ2n) is 5.08. The van der Waals surface area contributed by atoms with Crippen LogP contribution < -0.4 is 5.32 Å². The summed E-state index contributed by atoms with van der Waals surface area (Å²) in [4.78, 5) is 0. The molecule has 0 aromatic rings. The predicted molar refractivity (Wildman–Crippen MR) is 74.6 cm³/mol. The molecule has 0 spiro atoms. The minimum Gasteiger partial charge on any atom is -0.381 e. The highest BCUT2D eigenvalue weighted by Crippen LogP contribution is 2.18. The maximum Gasteiger partial charge on any atom is 0.154 e. The van der Waals surface area contributed by atoms with E-state index in [1.165, 1.54) is 0 Å². The molecule has 0 radical (unpaired) electrons. The molecular formula is C13H27NO3S. The quantitative estimate of drug-likeness (QED) is 0.734. The summed E-state index contributed by atoms with van der Waals surface area (Å²) in [5, 5.41) is 3.17. The highest BCUT2D eigenvalue weighted by molar-refractivity contribution is 7.92. The Kier molecular flexibility index (Phi) is 7.19. The van der Waals surface area contributed by atoms with Gasteiger partial charge in [-0.05, 0) is 32.2 Å². The molecule has 0 bridgehead atoms. The highest BCUT2D eigenvalue weighted by atomic mass is 32.2. The van der Waals surface area contributed by atoms with Gasteiger partial charge < -0.3 is 10.1 Å². The zero-order chi connectivity index (χ0) is 13.4. The number of sulfone groups is 1. The molecule has 18 heavy (non-hydrogen) atoms. The van der Waals surface area contributed by atoms with Crippen LogP contribution in [-0.2, 0) is 14.6 Å². The van der Waals surface area contributed by atoms with E-state index >= 15 is 0 Å². The second-order valence-corrected chi connectivity index (χ2v) is 7.41. The van der Waals surface area contributed by atoms with Crippen LogP contribution in [0, 0.1) is 0 Å². The van der Waals surface area contributed by atoms with Gasteiger partial charge in [0.25, 0.3) is 0 Å². The van der Waals surface area contributed by atoms with Gasteiger partial charge in [0, 0.05) is 19.3 Å². The molecule has 1 fully saturated rings. The van der Waals surface area contributed by atoms with Crippen molar-refractivity contribution < 1.29 is 13.2 Å². The average molecular weight is 277 g/mol. The second kappa shape index (κ2) is 8.12. The summed E-state index contributed by atoms with van der Waals surface area (Å²) in [5.74, 6) is 0.283. The molecule has 0 saturated carbocycles. The molecule has 1 aliphatic rings. The Morgan fingerprint density at radius 3 is 2.44 bits per heavy atom. The van der Waals surface area contributed by atoms with E-state index in [0.29, 0.717) is 26.1 Å². The van der Waals surface area contributed by atoms with E-state index in [1.807, 2.05) is 0 Å². The van der Waals surface area contributed by atoms with Gasteiger partial charge in [0.05, 0.1) is 11.0 Å². The normalized spacial score (nSPS) is 19.9. The van der Waals surface area contributed by atoms with E-state index in [0.717, 1.165) is 25.8 Å². The van der Waals surface area contributed by atoms with Crippen molar-refractivity contribution in [1.29, 1.82) is 0 Å². The van der Waals surface area contributed by atoms with Crippen molar-refractivity contribution in [2.45, 2.75) is 57.2 Å². The number of hydrogen-bond donors (Lipinski definition) is 1. The van der Waals surface area contributed by atoms with Crippen molar-refractivity contribution in [2.24, 2.45) is 0 Å². The lowest BCUT2D eigenvalue weighted by atomic mass is 10.2. The Balaban J connectivity index is 2.53. The smallest absolute Gasteiger partial charge is 0.154 e. The lowest BCUT2D eigenvalue weighted by Gasteiger charge is -2.25. The summed E-state index contributed by atoms with van der Waals surface area (Å²) in [6, 6.07) is 0.114. The number of ether oxygens (including phenoxy) is 1. The summed E-state index contributed by atoms with van der Waals surface area (Å²) < 4.78 is 29.9. The van der Waals surface area contributed by atoms with Crippen LogP contribution in [0.3, 0.4) is 0 Å². The zero-order valence-corrected chi connectivity index (χ0v) is 12.5. The zero-order valence-electron chi connectivity index (χ0n) is 11.7. The minimum absolute atomic E-state index is 0.114. The predicted octanol–water partition coefficient (Wildman–Crippen LogP) is 1.75. The minimum atomic E-state index is -2.98. The van der Waals surface area contributed by atoms with E-state index < -0.39 is 9.84 Å². The molecule has 0 amide bonds. The third kappa shape index (κ3) is 5.24. The molecule has 5 heteroatoms. The van der Waals surface area contributed by atoms with Crippen LogP contribution in [0.5, 0.6) is 0 Å². The monoisotopic (exact) mass is 277 g/mol. The summed E-state index contributed by atoms with van der Waals surface area (Å²) in [7, 11) is -2.98. The van der Waals surface area contributed by atoms with Crippen molar-refractivity contribution in [2.75, 3.05) is 25.5 Å². The van der Waals surface area contributed by atoms with E-state index in [1.54, 1.807) is 0 Å². The maximum atomic E-state index is 12.3. The topological polar surface area (TPSA) is 55.4 Å². The van der Waals surface area contributed by atoms with Crippen molar-refractivity contribution in [3.05, 3.63) is 0 Å². The third-order valence-corrected chi connectivity index (χ3v) is 5.78. The molecule has 0 aromatic carbocycles. The Hall–Kier alpha value is -0.130. The molecule has 4 nitrogen and oxygen atoms in total. The summed E-state index contributed by atoms with van der Waals surface area (Å²) >= 11 is 0. The third-order valence-electron chi connectivity index (χ3n) is 3.43. The molecule has 1 N–H and O–H groups in total. The van der Waals surface area contributed by atoms with Gasteiger partial charge in [-0.25, -0.2) is 8.42 Å². The van der Waals surface area contributed by atoms with Gasteiger partial charge in [-0.15, -0.1) is 0 Å². The molecule has 1 aliphatic heterocycles. The molecule has 108 valence electrons. The van der Waals surface area contributed by atoms with Gasteiger partial charge in [0.15, 0.2) is 9.84 Å². The SMILES string of the molecule is CCCNC(CCC)CS(=O)(=O)C1CCOCC1. The van der Waals surface area contributed by atoms with Gasteiger partial charge in [-0.2, -0.15) is 0 Å². The fraction of sp³-hybridized carbons (Fsp3) is 1.00. The molecule has 1 atom stereocenters. The van der Waals surface area contributed by atoms with Crippen molar-refractivity contribution in [3.63, 3.8) is 0 Å². The molecule has 0 aromatic heterocycles. The fourth-order valence-electron chi connectivity index (χ4n) is 2.39. The molecular weight excluding hydrogens is 250 g/mol. The van der Waals surface area contributed by atoms with E-state index in [-0.39, 0.29) is 17.0 Å². The number of nitrogens with one attached hydrogen (secondary N) is 1. The molecule has 0 aliphatic carbocycles. The van der Waals surface area contributed by atoms with Crippen molar-refractivity contribution in [1.82, 2.24) is 5.32 Å². The fourth-order valence-corrected chi connectivity index (χ4v) is 4.42. The molecule has 1 unspecified atom stereocenters. The summed E-state index contributed by atoms with van der Waals surface area (Å²) in [6.45, 7) is 6.27. The largest absolute Gasteiger partial charge is 0.381 e. The van der Waals surface area contributed by atoms with Crippen molar-refractivity contribution >= 4 is 9.84 Å². The van der Waals surface area contributed by atoms with E-state index in [9.17, 15) is 8.42 Å². The van der Waals surface area contributed by atoms with Crippen LogP contribution in [0.1, 0.15) is 46.0 Å². The lowest BCUT2D eigenvalue weighted by molar-refractivity contribution is 0.0983. The first-order valence-electron chi connectivity index (χ1n) is 7.12. The Bertz CT molecular complexity index is 310. The van der Waals surface area contributed by atoms with E-state index in [2.05, 4.69) is 19.2 Å². The van der Waals surface area contributed by atoms with Gasteiger partial charge in [-0.1, -0.05) is 20.3 Å².